The van der Waals surface area contributed by atoms with Gasteiger partial charge in [-0.05, 0) is 61.9 Å². The Bertz CT molecular complexity index is 828. The second kappa shape index (κ2) is 5.55. The highest BCUT2D eigenvalue weighted by molar-refractivity contribution is 6.31. The van der Waals surface area contributed by atoms with Gasteiger partial charge in [-0.25, -0.2) is 0 Å². The molecule has 0 saturated carbocycles. The molecule has 4 heteroatoms. The molecule has 2 aromatic carbocycles. The summed E-state index contributed by atoms with van der Waals surface area (Å²) in [5, 5.41) is 5.89. The minimum atomic E-state index is 0.698. The lowest BCUT2D eigenvalue weighted by atomic mass is 10.1. The molecule has 3 rings (SSSR count). The molecule has 0 amide bonds. The maximum absolute atomic E-state index is 6.11. The van der Waals surface area contributed by atoms with E-state index < -0.39 is 0 Å². The van der Waals surface area contributed by atoms with Crippen molar-refractivity contribution >= 4 is 45.5 Å². The second-order valence-corrected chi connectivity index (χ2v) is 5.93. The summed E-state index contributed by atoms with van der Waals surface area (Å²) in [4.78, 5) is 4.54. The Hall–Kier alpha value is -1.77. The van der Waals surface area contributed by atoms with E-state index in [9.17, 15) is 0 Å². The Morgan fingerprint density at radius 3 is 2.33 bits per heavy atom. The highest BCUT2D eigenvalue weighted by Gasteiger charge is 2.07. The third-order valence-corrected chi connectivity index (χ3v) is 3.83. The van der Waals surface area contributed by atoms with Gasteiger partial charge in [0.25, 0.3) is 0 Å². The molecule has 0 aliphatic rings. The van der Waals surface area contributed by atoms with Gasteiger partial charge >= 0.3 is 0 Å². The molecule has 1 heterocycles. The summed E-state index contributed by atoms with van der Waals surface area (Å²) in [6.07, 6.45) is 0. The van der Waals surface area contributed by atoms with Crippen LogP contribution in [0, 0.1) is 13.8 Å². The van der Waals surface area contributed by atoms with Crippen LogP contribution < -0.4 is 5.32 Å². The lowest BCUT2D eigenvalue weighted by Gasteiger charge is -2.13. The van der Waals surface area contributed by atoms with Crippen LogP contribution >= 0.6 is 23.2 Å². The van der Waals surface area contributed by atoms with Gasteiger partial charge in [0, 0.05) is 32.5 Å². The molecule has 0 radical (unpaired) electrons. The number of anilines is 2. The highest BCUT2D eigenvalue weighted by Crippen LogP contribution is 2.30. The fraction of sp³-hybridized carbons (Fsp3) is 0.118. The van der Waals surface area contributed by atoms with E-state index in [0.29, 0.717) is 5.02 Å². The average molecular weight is 317 g/mol. The minimum Gasteiger partial charge on any atom is -0.355 e. The molecule has 0 unspecified atom stereocenters. The van der Waals surface area contributed by atoms with Crippen LogP contribution in [0.5, 0.6) is 0 Å². The normalized spacial score (nSPS) is 10.9. The fourth-order valence-electron chi connectivity index (χ4n) is 2.35. The molecule has 0 aliphatic carbocycles. The van der Waals surface area contributed by atoms with Crippen molar-refractivity contribution in [3.8, 4) is 0 Å². The first-order chi connectivity index (χ1) is 10.0. The van der Waals surface area contributed by atoms with Crippen molar-refractivity contribution in [2.24, 2.45) is 0 Å². The summed E-state index contributed by atoms with van der Waals surface area (Å²) in [5.41, 5.74) is 4.98. The van der Waals surface area contributed by atoms with Gasteiger partial charge in [0.1, 0.15) is 0 Å². The molecule has 1 aromatic heterocycles. The zero-order valence-electron chi connectivity index (χ0n) is 11.7. The lowest BCUT2D eigenvalue weighted by molar-refractivity contribution is 1.25. The van der Waals surface area contributed by atoms with Crippen molar-refractivity contribution in [3.63, 3.8) is 0 Å². The predicted molar refractivity (Wildman–Crippen MR) is 91.0 cm³/mol. The Balaban J connectivity index is 2.13. The molecule has 106 valence electrons. The van der Waals surface area contributed by atoms with Crippen LogP contribution in [0.1, 0.15) is 11.3 Å². The number of aromatic nitrogens is 1. The first-order valence-electron chi connectivity index (χ1n) is 6.63. The van der Waals surface area contributed by atoms with E-state index in [1.807, 2.05) is 56.3 Å². The van der Waals surface area contributed by atoms with E-state index in [1.165, 1.54) is 0 Å². The van der Waals surface area contributed by atoms with E-state index in [4.69, 9.17) is 23.2 Å². The Morgan fingerprint density at radius 1 is 0.857 bits per heavy atom. The van der Waals surface area contributed by atoms with Crippen molar-refractivity contribution in [2.45, 2.75) is 13.8 Å². The van der Waals surface area contributed by atoms with Crippen LogP contribution in [0.2, 0.25) is 10.0 Å². The molecule has 3 aromatic rings. The number of hydrogen-bond donors (Lipinski definition) is 1. The fourth-order valence-corrected chi connectivity index (χ4v) is 2.74. The molecule has 0 spiro atoms. The molecule has 1 N–H and O–H groups in total. The van der Waals surface area contributed by atoms with Crippen LogP contribution in [0.25, 0.3) is 10.9 Å². The van der Waals surface area contributed by atoms with Crippen molar-refractivity contribution in [1.82, 2.24) is 4.98 Å². The maximum Gasteiger partial charge on any atom is 0.0727 e. The van der Waals surface area contributed by atoms with Crippen LogP contribution in [-0.2, 0) is 0 Å². The molecule has 0 fully saturated rings. The molecule has 0 atom stereocenters. The molecule has 2 nitrogen and oxygen atoms in total. The third-order valence-electron chi connectivity index (χ3n) is 3.36. The zero-order chi connectivity index (χ0) is 15.0. The first-order valence-corrected chi connectivity index (χ1v) is 7.38. The summed E-state index contributed by atoms with van der Waals surface area (Å²) >= 11 is 12.1. The largest absolute Gasteiger partial charge is 0.355 e. The Morgan fingerprint density at radius 2 is 1.57 bits per heavy atom. The number of rotatable bonds is 2. The third kappa shape index (κ3) is 2.97. The van der Waals surface area contributed by atoms with Gasteiger partial charge in [-0.3, -0.25) is 4.98 Å². The number of pyridine rings is 1. The predicted octanol–water partition coefficient (Wildman–Crippen LogP) is 5.90. The topological polar surface area (TPSA) is 24.9 Å². The molecule has 0 saturated heterocycles. The Labute approximate surface area is 133 Å². The van der Waals surface area contributed by atoms with Crippen molar-refractivity contribution < 1.29 is 0 Å². The van der Waals surface area contributed by atoms with Gasteiger partial charge in [0.2, 0.25) is 0 Å². The number of benzene rings is 2. The maximum atomic E-state index is 6.11. The number of fused-ring (bicyclic) bond motifs is 1. The van der Waals surface area contributed by atoms with Gasteiger partial charge in [-0.1, -0.05) is 23.2 Å². The number of aryl methyl sites for hydroxylation is 2. The van der Waals surface area contributed by atoms with Gasteiger partial charge < -0.3 is 5.32 Å². The molecule has 21 heavy (non-hydrogen) atoms. The number of nitrogens with one attached hydrogen (secondary N) is 1. The van der Waals surface area contributed by atoms with Crippen molar-refractivity contribution in [1.29, 1.82) is 0 Å². The average Bonchev–Trinajstić information content (AvgIpc) is 2.42. The standard InChI is InChI=1S/C17H14Cl2N2/c1-10-7-12(18)3-5-15(10)21-17-8-11(2)20-16-6-4-13(19)9-14(16)17/h3-9H,1-2H3,(H,20,21). The summed E-state index contributed by atoms with van der Waals surface area (Å²) in [6.45, 7) is 4.01. The second-order valence-electron chi connectivity index (χ2n) is 5.06. The summed E-state index contributed by atoms with van der Waals surface area (Å²) in [7, 11) is 0. The van der Waals surface area contributed by atoms with E-state index in [2.05, 4.69) is 10.3 Å². The van der Waals surface area contributed by atoms with Gasteiger partial charge in [-0.2, -0.15) is 0 Å². The van der Waals surface area contributed by atoms with Crippen LogP contribution in [0.15, 0.2) is 42.5 Å². The summed E-state index contributed by atoms with van der Waals surface area (Å²) in [6, 6.07) is 13.5. The number of nitrogens with zero attached hydrogens (tertiary/aromatic N) is 1. The molecular formula is C17H14Cl2N2. The lowest BCUT2D eigenvalue weighted by Crippen LogP contribution is -1.96. The van der Waals surface area contributed by atoms with E-state index >= 15 is 0 Å². The summed E-state index contributed by atoms with van der Waals surface area (Å²) < 4.78 is 0. The highest BCUT2D eigenvalue weighted by atomic mass is 35.5. The smallest absolute Gasteiger partial charge is 0.0727 e. The van der Waals surface area contributed by atoms with Crippen LogP contribution in [-0.4, -0.2) is 4.98 Å². The Kier molecular flexibility index (Phi) is 3.75. The SMILES string of the molecule is Cc1cc(Nc2ccc(Cl)cc2C)c2cc(Cl)ccc2n1. The summed E-state index contributed by atoms with van der Waals surface area (Å²) in [5.74, 6) is 0. The molecule has 0 aliphatic heterocycles. The van der Waals surface area contributed by atoms with Gasteiger partial charge in [0.05, 0.1) is 5.52 Å². The first kappa shape index (κ1) is 14.2. The van der Waals surface area contributed by atoms with Crippen LogP contribution in [0.4, 0.5) is 11.4 Å². The van der Waals surface area contributed by atoms with Gasteiger partial charge in [0.15, 0.2) is 0 Å². The molecular weight excluding hydrogens is 303 g/mol. The number of halogens is 2. The van der Waals surface area contributed by atoms with Gasteiger partial charge in [-0.15, -0.1) is 0 Å². The van der Waals surface area contributed by atoms with Crippen LogP contribution in [0.3, 0.4) is 0 Å². The quantitative estimate of drug-likeness (QED) is 0.636. The minimum absolute atomic E-state index is 0.698. The van der Waals surface area contributed by atoms with E-state index in [-0.39, 0.29) is 0 Å². The van der Waals surface area contributed by atoms with E-state index in [1.54, 1.807) is 0 Å². The molecule has 0 bridgehead atoms. The zero-order valence-corrected chi connectivity index (χ0v) is 13.3. The number of hydrogen-bond acceptors (Lipinski definition) is 2. The van der Waals surface area contributed by atoms with Crippen molar-refractivity contribution in [3.05, 3.63) is 63.8 Å². The van der Waals surface area contributed by atoms with Crippen molar-refractivity contribution in [2.75, 3.05) is 5.32 Å². The monoisotopic (exact) mass is 316 g/mol. The van der Waals surface area contributed by atoms with E-state index in [0.717, 1.165) is 38.6 Å².